The van der Waals surface area contributed by atoms with Crippen LogP contribution in [0.25, 0.3) is 45.6 Å². The highest BCUT2D eigenvalue weighted by molar-refractivity contribution is 5.67. The zero-order chi connectivity index (χ0) is 91.1. The number of fused-ring (bicyclic) bond motifs is 8. The Morgan fingerprint density at radius 3 is 0.568 bits per heavy atom. The molecule has 8 aromatic heterocycles. The van der Waals surface area contributed by atoms with Crippen LogP contribution in [0.5, 0.6) is 23.0 Å². The summed E-state index contributed by atoms with van der Waals surface area (Å²) in [5.41, 5.74) is 15.5. The molecule has 0 fully saturated rings. The van der Waals surface area contributed by atoms with E-state index >= 15 is 0 Å². The van der Waals surface area contributed by atoms with Crippen LogP contribution in [-0.2, 0) is 52.1 Å². The van der Waals surface area contributed by atoms with Crippen LogP contribution in [-0.4, -0.2) is 59.6 Å². The summed E-state index contributed by atoms with van der Waals surface area (Å²) in [6.07, 6.45) is -0.335. The summed E-state index contributed by atoms with van der Waals surface area (Å²) in [4.78, 5) is 86.1. The quantitative estimate of drug-likeness (QED) is 0.0250. The molecule has 32 nitrogen and oxygen atoms in total. The lowest BCUT2D eigenvalue weighted by Crippen LogP contribution is -2.10. The maximum Gasteiger partial charge on any atom is 0.269 e. The van der Waals surface area contributed by atoms with Crippen molar-refractivity contribution in [1.82, 2.24) is 39.9 Å². The first-order valence-electron chi connectivity index (χ1n) is 41.6. The molecule has 8 aromatic carbocycles. The minimum absolute atomic E-state index is 0.0837. The molecule has 8 bridgehead atoms. The van der Waals surface area contributed by atoms with Crippen LogP contribution < -0.4 is 18.9 Å². The van der Waals surface area contributed by atoms with Gasteiger partial charge in [0.25, 0.3) is 22.7 Å². The highest BCUT2D eigenvalue weighted by Gasteiger charge is 2.28. The van der Waals surface area contributed by atoms with Crippen LogP contribution >= 0.6 is 0 Å². The van der Waals surface area contributed by atoms with E-state index in [1.165, 1.54) is 97.1 Å². The zero-order valence-corrected chi connectivity index (χ0v) is 71.2. The van der Waals surface area contributed by atoms with Gasteiger partial charge in [0, 0.05) is 141 Å². The average molecular weight is 1750 g/mol. The third kappa shape index (κ3) is 21.5. The van der Waals surface area contributed by atoms with Gasteiger partial charge in [-0.1, -0.05) is 48.5 Å². The Hall–Kier alpha value is -17.8. The van der Waals surface area contributed by atoms with Gasteiger partial charge in [-0.25, -0.2) is 19.9 Å². The van der Waals surface area contributed by atoms with E-state index in [0.29, 0.717) is 136 Å². The molecule has 0 radical (unpaired) electrons. The van der Waals surface area contributed by atoms with Crippen molar-refractivity contribution >= 4 is 68.2 Å². The maximum atomic E-state index is 12.1. The normalized spacial score (nSPS) is 11.9. The van der Waals surface area contributed by atoms with Gasteiger partial charge in [-0.2, -0.15) is 40.9 Å². The third-order valence-corrected chi connectivity index (χ3v) is 21.1. The SMILES string of the molecule is Cc1cccc(-c2cccc(COc3c4cc(N=Nc5ccc([N+](=O)[O-])cc5)cc3Cc3cc(N=Nc5ccc([N+](=O)[O-])cc5)cc(c3OCc3cccc(-c5cccc(C)n5)n3)Cc3cc(N=Nc5ccc([N+](=O)[O-])cc5)cc(c3OCc3cccc(-c5cccc(C)n5)n3)Cc3cc(N=Nc5ccc([N+](=O)[O-])cc5)cc(c3OCc3cccc(-c5cccc(C)n5)n3)C4)n2)n1. The van der Waals surface area contributed by atoms with Crippen LogP contribution in [0.2, 0.25) is 0 Å². The number of nitrogens with zero attached hydrogens (tertiary/aromatic N) is 20. The van der Waals surface area contributed by atoms with Gasteiger partial charge in [0.1, 0.15) is 49.4 Å². The highest BCUT2D eigenvalue weighted by atomic mass is 16.6. The van der Waals surface area contributed by atoms with Gasteiger partial charge in [-0.3, -0.25) is 60.4 Å². The molecule has 648 valence electrons. The van der Waals surface area contributed by atoms with E-state index in [4.69, 9.17) is 99.7 Å². The number of nitro benzene ring substituents is 4. The molecule has 16 aromatic rings. The fraction of sp³-hybridized carbons (Fsp3) is 0.120. The number of ether oxygens (including phenoxy) is 4. The number of nitro groups is 4. The second-order valence-electron chi connectivity index (χ2n) is 30.8. The molecular weight excluding hydrogens is 1670 g/mol. The Morgan fingerprint density at radius 1 is 0.227 bits per heavy atom. The molecule has 1 aliphatic rings. The average Bonchev–Trinajstić information content (AvgIpc) is 0.766. The monoisotopic (exact) mass is 1750 g/mol. The summed E-state index contributed by atoms with van der Waals surface area (Å²) >= 11 is 0. The highest BCUT2D eigenvalue weighted by Crippen LogP contribution is 2.46. The Labute approximate surface area is 753 Å². The number of aryl methyl sites for hydroxylation is 4. The summed E-state index contributed by atoms with van der Waals surface area (Å²) in [6.45, 7) is 7.04. The van der Waals surface area contributed by atoms with Crippen molar-refractivity contribution in [1.29, 1.82) is 0 Å². The van der Waals surface area contributed by atoms with Crippen molar-refractivity contribution in [2.45, 2.75) is 79.8 Å². The van der Waals surface area contributed by atoms with Gasteiger partial charge in [0.05, 0.1) is 134 Å². The minimum Gasteiger partial charge on any atom is -0.487 e. The van der Waals surface area contributed by atoms with E-state index in [0.717, 1.165) is 22.8 Å². The van der Waals surface area contributed by atoms with Crippen molar-refractivity contribution in [2.24, 2.45) is 40.9 Å². The van der Waals surface area contributed by atoms with Crippen LogP contribution in [0.3, 0.4) is 0 Å². The molecule has 0 amide bonds. The molecular formula is C100H76N20O12. The number of benzene rings is 8. The molecule has 1 aliphatic carbocycles. The summed E-state index contributed by atoms with van der Waals surface area (Å²) in [5.74, 6) is 1.31. The van der Waals surface area contributed by atoms with Crippen LogP contribution in [0, 0.1) is 68.2 Å². The lowest BCUT2D eigenvalue weighted by molar-refractivity contribution is -0.385. The lowest BCUT2D eigenvalue weighted by Gasteiger charge is -2.24. The van der Waals surface area contributed by atoms with Crippen LogP contribution in [0.15, 0.2) is 332 Å². The molecule has 0 spiro atoms. The molecule has 8 heterocycles. The molecule has 132 heavy (non-hydrogen) atoms. The lowest BCUT2D eigenvalue weighted by atomic mass is 9.90. The van der Waals surface area contributed by atoms with E-state index in [1.54, 1.807) is 0 Å². The van der Waals surface area contributed by atoms with Gasteiger partial charge in [0.2, 0.25) is 0 Å². The summed E-state index contributed by atoms with van der Waals surface area (Å²) < 4.78 is 29.8. The summed E-state index contributed by atoms with van der Waals surface area (Å²) in [6, 6.07) is 82.3. The van der Waals surface area contributed by atoms with Crippen molar-refractivity contribution < 1.29 is 38.6 Å². The van der Waals surface area contributed by atoms with Gasteiger partial charge in [0.15, 0.2) is 0 Å². The Bertz CT molecular complexity index is 6300. The van der Waals surface area contributed by atoms with E-state index < -0.39 is 19.7 Å². The Morgan fingerprint density at radius 2 is 0.394 bits per heavy atom. The topological polar surface area (TPSA) is 411 Å². The maximum absolute atomic E-state index is 12.1. The fourth-order valence-corrected chi connectivity index (χ4v) is 15.0. The van der Waals surface area contributed by atoms with Crippen LogP contribution in [0.4, 0.5) is 68.2 Å². The number of aromatic nitrogens is 8. The molecule has 0 saturated carbocycles. The third-order valence-electron chi connectivity index (χ3n) is 21.1. The molecule has 0 unspecified atom stereocenters. The number of rotatable bonds is 28. The molecule has 0 aliphatic heterocycles. The van der Waals surface area contributed by atoms with Gasteiger partial charge in [-0.05, 0) is 222 Å². The first-order valence-corrected chi connectivity index (χ1v) is 41.6. The standard InChI is InChI=1S/C100H76N20O12/c1-61-13-5-21-89(101-61)93-25-9-17-77(105-93)57-129-97-65-45-67-51-82(114-110-74-31-39-86(40-32-74)118(123)124)53-69(98(67)130-58-78-18-10-26-94(106-78)90-22-6-14-62(2)102-90)47-71-55-84(116-112-76-35-43-88(44-36-76)120(127)128)56-72(100(71)132-60-80-20-12-28-96(108-80)92-24-8-16-64(4)104-92)48-70-54-83(115-111-75-33-41-87(42-34-75)119(125)126)52-68(46-66(97)50-81(49-65)113-109-73-29-37-85(38-30-73)117(121)122)99(70)131-59-79-19-11-27-95(107-79)91-23-7-15-63(3)103-91/h5-44,49-56H,45-48,57-60H2,1-4H3. The smallest absolute Gasteiger partial charge is 0.269 e. The zero-order valence-electron chi connectivity index (χ0n) is 71.2. The summed E-state index contributed by atoms with van der Waals surface area (Å²) in [5, 5.41) is 87.0. The van der Waals surface area contributed by atoms with Crippen molar-refractivity contribution in [3.63, 3.8) is 0 Å². The van der Waals surface area contributed by atoms with Gasteiger partial charge in [-0.15, -0.1) is 0 Å². The summed E-state index contributed by atoms with van der Waals surface area (Å²) in [7, 11) is 0. The second-order valence-corrected chi connectivity index (χ2v) is 30.8. The first kappa shape index (κ1) is 86.3. The minimum atomic E-state index is -0.506. The molecule has 0 atom stereocenters. The number of hydrogen-bond acceptors (Lipinski definition) is 28. The fourth-order valence-electron chi connectivity index (χ4n) is 15.0. The van der Waals surface area contributed by atoms with Gasteiger partial charge >= 0.3 is 0 Å². The van der Waals surface area contributed by atoms with Crippen LogP contribution in [0.1, 0.15) is 90.1 Å². The largest absolute Gasteiger partial charge is 0.487 e. The first-order chi connectivity index (χ1) is 64.2. The van der Waals surface area contributed by atoms with Crippen molar-refractivity contribution in [2.75, 3.05) is 0 Å². The Kier molecular flexibility index (Phi) is 25.7. The van der Waals surface area contributed by atoms with Gasteiger partial charge < -0.3 is 18.9 Å². The second kappa shape index (κ2) is 39.4. The van der Waals surface area contributed by atoms with E-state index in [9.17, 15) is 40.5 Å². The number of azo groups is 4. The predicted molar refractivity (Wildman–Crippen MR) is 492 cm³/mol. The van der Waals surface area contributed by atoms with E-state index in [2.05, 4.69) is 0 Å². The van der Waals surface area contributed by atoms with E-state index in [-0.39, 0.29) is 120 Å². The van der Waals surface area contributed by atoms with E-state index in [1.807, 2.05) is 222 Å². The van der Waals surface area contributed by atoms with Crippen molar-refractivity contribution in [3.05, 3.63) is 422 Å². The molecule has 0 saturated heterocycles. The predicted octanol–water partition coefficient (Wildman–Crippen LogP) is 25.0. The Balaban J connectivity index is 0.950. The molecule has 32 heteroatoms. The number of hydrogen-bond donors (Lipinski definition) is 0. The molecule has 17 rings (SSSR count). The number of non-ortho nitro benzene ring substituents is 4. The number of pyridine rings is 8. The molecule has 0 N–H and O–H groups in total. The van der Waals surface area contributed by atoms with Crippen molar-refractivity contribution in [3.8, 4) is 68.5 Å².